The van der Waals surface area contributed by atoms with Gasteiger partial charge in [-0.05, 0) is 53.5 Å². The Bertz CT molecular complexity index is 510. The highest BCUT2D eigenvalue weighted by molar-refractivity contribution is 9.10. The second kappa shape index (κ2) is 5.42. The van der Waals surface area contributed by atoms with Crippen molar-refractivity contribution in [3.63, 3.8) is 0 Å². The molecule has 2 N–H and O–H groups in total. The largest absolute Gasteiger partial charge is 0.334 e. The molecule has 0 aliphatic carbocycles. The van der Waals surface area contributed by atoms with Crippen LogP contribution < -0.4 is 5.73 Å². The van der Waals surface area contributed by atoms with Crippen molar-refractivity contribution in [3.05, 3.63) is 34.1 Å². The van der Waals surface area contributed by atoms with Crippen molar-refractivity contribution in [2.45, 2.75) is 19.8 Å². The van der Waals surface area contributed by atoms with Crippen molar-refractivity contribution < 1.29 is 4.52 Å². The molecule has 0 amide bonds. The topological polar surface area (TPSA) is 64.9 Å². The van der Waals surface area contributed by atoms with Crippen molar-refractivity contribution in [1.82, 2.24) is 10.1 Å². The van der Waals surface area contributed by atoms with Crippen LogP contribution in [0.2, 0.25) is 0 Å². The van der Waals surface area contributed by atoms with Crippen LogP contribution >= 0.6 is 15.9 Å². The van der Waals surface area contributed by atoms with Crippen LogP contribution in [0.3, 0.4) is 0 Å². The molecule has 5 heteroatoms. The minimum atomic E-state index is 0.545. The number of halogens is 1. The maximum atomic E-state index is 5.44. The predicted octanol–water partition coefficient (Wildman–Crippen LogP) is 2.70. The summed E-state index contributed by atoms with van der Waals surface area (Å²) < 4.78 is 6.20. The normalized spacial score (nSPS) is 10.8. The fourth-order valence-electron chi connectivity index (χ4n) is 1.52. The van der Waals surface area contributed by atoms with Crippen LogP contribution in [-0.4, -0.2) is 16.7 Å². The Hall–Kier alpha value is -1.20. The molecule has 0 saturated heterocycles. The van der Waals surface area contributed by atoms with E-state index in [2.05, 4.69) is 26.1 Å². The third-order valence-corrected chi connectivity index (χ3v) is 3.08. The second-order valence-electron chi connectivity index (χ2n) is 3.89. The lowest BCUT2D eigenvalue weighted by atomic mass is 10.1. The van der Waals surface area contributed by atoms with E-state index in [1.54, 1.807) is 0 Å². The molecule has 0 atom stereocenters. The number of benzene rings is 1. The molecule has 0 aliphatic heterocycles. The third kappa shape index (κ3) is 2.92. The molecule has 4 nitrogen and oxygen atoms in total. The fraction of sp³-hybridized carbons (Fsp3) is 0.333. The van der Waals surface area contributed by atoms with Gasteiger partial charge in [-0.25, -0.2) is 0 Å². The molecule has 2 rings (SSSR count). The van der Waals surface area contributed by atoms with Gasteiger partial charge in [0, 0.05) is 10.9 Å². The Morgan fingerprint density at radius 1 is 1.41 bits per heavy atom. The Kier molecular flexibility index (Phi) is 3.91. The van der Waals surface area contributed by atoms with Crippen molar-refractivity contribution in [1.29, 1.82) is 0 Å². The van der Waals surface area contributed by atoms with Crippen molar-refractivity contribution in [3.8, 4) is 11.5 Å². The van der Waals surface area contributed by atoms with E-state index in [1.807, 2.05) is 25.1 Å². The first-order valence-corrected chi connectivity index (χ1v) is 6.29. The first kappa shape index (κ1) is 12.3. The predicted molar refractivity (Wildman–Crippen MR) is 69.5 cm³/mol. The highest BCUT2D eigenvalue weighted by atomic mass is 79.9. The number of nitrogens with zero attached hydrogens (tertiary/aromatic N) is 2. The molecule has 0 radical (unpaired) electrons. The summed E-state index contributed by atoms with van der Waals surface area (Å²) in [4.78, 5) is 4.35. The van der Waals surface area contributed by atoms with Crippen LogP contribution in [-0.2, 0) is 6.42 Å². The van der Waals surface area contributed by atoms with Crippen LogP contribution in [0.5, 0.6) is 0 Å². The van der Waals surface area contributed by atoms with E-state index in [0.29, 0.717) is 18.3 Å². The Morgan fingerprint density at radius 3 is 2.94 bits per heavy atom. The molecular weight excluding hydrogens is 282 g/mol. The van der Waals surface area contributed by atoms with E-state index >= 15 is 0 Å². The average molecular weight is 296 g/mol. The molecule has 90 valence electrons. The Morgan fingerprint density at radius 2 is 2.24 bits per heavy atom. The lowest BCUT2D eigenvalue weighted by molar-refractivity contribution is 0.421. The lowest BCUT2D eigenvalue weighted by Gasteiger charge is -1.99. The molecule has 17 heavy (non-hydrogen) atoms. The molecule has 0 saturated carbocycles. The van der Waals surface area contributed by atoms with Crippen molar-refractivity contribution in [2.75, 3.05) is 6.54 Å². The molecule has 1 heterocycles. The number of aryl methyl sites for hydroxylation is 2. The van der Waals surface area contributed by atoms with Gasteiger partial charge in [0.1, 0.15) is 0 Å². The van der Waals surface area contributed by atoms with Crippen LogP contribution in [0.25, 0.3) is 11.5 Å². The molecule has 1 aromatic heterocycles. The maximum Gasteiger partial charge on any atom is 0.259 e. The van der Waals surface area contributed by atoms with E-state index in [9.17, 15) is 0 Å². The first-order chi connectivity index (χ1) is 8.20. The summed E-state index contributed by atoms with van der Waals surface area (Å²) in [6.07, 6.45) is 1.62. The van der Waals surface area contributed by atoms with Crippen LogP contribution in [0, 0.1) is 6.92 Å². The van der Waals surface area contributed by atoms with Crippen molar-refractivity contribution >= 4 is 15.9 Å². The summed E-state index contributed by atoms with van der Waals surface area (Å²) in [6, 6.07) is 6.02. The zero-order valence-electron chi connectivity index (χ0n) is 9.61. The molecule has 0 bridgehead atoms. The van der Waals surface area contributed by atoms with E-state index in [1.165, 1.54) is 5.56 Å². The highest BCUT2D eigenvalue weighted by Crippen LogP contribution is 2.27. The minimum absolute atomic E-state index is 0.545. The molecule has 0 aliphatic rings. The summed E-state index contributed by atoms with van der Waals surface area (Å²) in [7, 11) is 0. The quantitative estimate of drug-likeness (QED) is 0.942. The minimum Gasteiger partial charge on any atom is -0.334 e. The van der Waals surface area contributed by atoms with Gasteiger partial charge in [-0.3, -0.25) is 0 Å². The van der Waals surface area contributed by atoms with Gasteiger partial charge in [0.25, 0.3) is 5.89 Å². The zero-order valence-corrected chi connectivity index (χ0v) is 11.2. The van der Waals surface area contributed by atoms with Crippen LogP contribution in [0.15, 0.2) is 27.2 Å². The SMILES string of the molecule is Cc1ccc(-c2nc(CCCN)no2)c(Br)c1. The summed E-state index contributed by atoms with van der Waals surface area (Å²) in [5.41, 5.74) is 7.54. The maximum absolute atomic E-state index is 5.44. The molecule has 2 aromatic rings. The standard InChI is InChI=1S/C12H14BrN3O/c1-8-4-5-9(10(13)7-8)12-15-11(16-17-12)3-2-6-14/h4-5,7H,2-3,6,14H2,1H3. The number of rotatable bonds is 4. The summed E-state index contributed by atoms with van der Waals surface area (Å²) in [5.74, 6) is 1.25. The Balaban J connectivity index is 2.24. The fourth-order valence-corrected chi connectivity index (χ4v) is 2.18. The molecule has 0 fully saturated rings. The van der Waals surface area contributed by atoms with Gasteiger partial charge in [0.05, 0.1) is 5.56 Å². The van der Waals surface area contributed by atoms with Gasteiger partial charge in [-0.2, -0.15) is 4.98 Å². The number of nitrogens with two attached hydrogens (primary N) is 1. The molecule has 1 aromatic carbocycles. The van der Waals surface area contributed by atoms with Gasteiger partial charge in [0.15, 0.2) is 5.82 Å². The smallest absolute Gasteiger partial charge is 0.259 e. The molecule has 0 unspecified atom stereocenters. The van der Waals surface area contributed by atoms with Crippen molar-refractivity contribution in [2.24, 2.45) is 5.73 Å². The Labute approximate surface area is 108 Å². The van der Waals surface area contributed by atoms with Crippen LogP contribution in [0.4, 0.5) is 0 Å². The van der Waals surface area contributed by atoms with Gasteiger partial charge in [-0.15, -0.1) is 0 Å². The van der Waals surface area contributed by atoms with Gasteiger partial charge in [0.2, 0.25) is 0 Å². The molecular formula is C12H14BrN3O. The van der Waals surface area contributed by atoms with Gasteiger partial charge in [-0.1, -0.05) is 11.2 Å². The van der Waals surface area contributed by atoms with Crippen LogP contribution in [0.1, 0.15) is 17.8 Å². The van der Waals surface area contributed by atoms with E-state index in [-0.39, 0.29) is 0 Å². The first-order valence-electron chi connectivity index (χ1n) is 5.50. The summed E-state index contributed by atoms with van der Waals surface area (Å²) in [6.45, 7) is 2.67. The van der Waals surface area contributed by atoms with E-state index < -0.39 is 0 Å². The monoisotopic (exact) mass is 295 g/mol. The van der Waals surface area contributed by atoms with Gasteiger partial charge < -0.3 is 10.3 Å². The van der Waals surface area contributed by atoms with E-state index in [0.717, 1.165) is 22.9 Å². The lowest BCUT2D eigenvalue weighted by Crippen LogP contribution is -2.01. The third-order valence-electron chi connectivity index (χ3n) is 2.43. The number of hydrogen-bond donors (Lipinski definition) is 1. The zero-order chi connectivity index (χ0) is 12.3. The van der Waals surface area contributed by atoms with Gasteiger partial charge >= 0.3 is 0 Å². The van der Waals surface area contributed by atoms with E-state index in [4.69, 9.17) is 10.3 Å². The number of hydrogen-bond acceptors (Lipinski definition) is 4. The molecule has 0 spiro atoms. The number of aromatic nitrogens is 2. The highest BCUT2D eigenvalue weighted by Gasteiger charge is 2.11. The summed E-state index contributed by atoms with van der Waals surface area (Å²) >= 11 is 3.50. The summed E-state index contributed by atoms with van der Waals surface area (Å²) in [5, 5.41) is 3.93. The second-order valence-corrected chi connectivity index (χ2v) is 4.75. The average Bonchev–Trinajstić information content (AvgIpc) is 2.75.